The third-order valence-corrected chi connectivity index (χ3v) is 7.92. The number of hydrogen-bond donors (Lipinski definition) is 1. The van der Waals surface area contributed by atoms with Gasteiger partial charge in [0.15, 0.2) is 0 Å². The van der Waals surface area contributed by atoms with Crippen molar-refractivity contribution in [3.63, 3.8) is 0 Å². The lowest BCUT2D eigenvalue weighted by Gasteiger charge is -2.16. The number of methoxy groups -OCH3 is 1. The Morgan fingerprint density at radius 1 is 0.682 bits per heavy atom. The highest BCUT2D eigenvalue weighted by Gasteiger charge is 2.25. The van der Waals surface area contributed by atoms with E-state index in [-0.39, 0.29) is 5.56 Å². The number of aromatic carboxylic acids is 1. The van der Waals surface area contributed by atoms with E-state index in [0.717, 1.165) is 34.0 Å². The SMILES string of the molecule is COc1ccc(C2=C3C=CC(=N3)C=C3C=CC(=N3)C(c3c(C)cc(C)cc3C)=C3C=CC(=N3)C=C3C=CC2=N3)c(C(=O)O)c1. The summed E-state index contributed by atoms with van der Waals surface area (Å²) in [6.07, 6.45) is 19.5. The summed E-state index contributed by atoms with van der Waals surface area (Å²) in [5.41, 5.74) is 12.7. The van der Waals surface area contributed by atoms with E-state index in [1.807, 2.05) is 60.8 Å². The fourth-order valence-electron chi connectivity index (χ4n) is 6.11. The van der Waals surface area contributed by atoms with E-state index >= 15 is 0 Å². The Labute approximate surface area is 255 Å². The summed E-state index contributed by atoms with van der Waals surface area (Å²) < 4.78 is 5.32. The minimum absolute atomic E-state index is 0.102. The van der Waals surface area contributed by atoms with Crippen LogP contribution in [-0.4, -0.2) is 41.0 Å². The van der Waals surface area contributed by atoms with Crippen molar-refractivity contribution in [2.45, 2.75) is 20.8 Å². The van der Waals surface area contributed by atoms with Crippen LogP contribution in [-0.2, 0) is 0 Å². The fourth-order valence-corrected chi connectivity index (χ4v) is 6.11. The van der Waals surface area contributed by atoms with Gasteiger partial charge in [0.05, 0.1) is 58.3 Å². The summed E-state index contributed by atoms with van der Waals surface area (Å²) in [5.74, 6) is -0.610. The van der Waals surface area contributed by atoms with Gasteiger partial charge in [-0.15, -0.1) is 0 Å². The summed E-state index contributed by atoms with van der Waals surface area (Å²) in [7, 11) is 1.51. The molecule has 0 fully saturated rings. The first-order valence-electron chi connectivity index (χ1n) is 14.3. The number of carboxylic acids is 1. The predicted octanol–water partition coefficient (Wildman–Crippen LogP) is 7.27. The Morgan fingerprint density at radius 2 is 1.25 bits per heavy atom. The maximum absolute atomic E-state index is 12.4. The van der Waals surface area contributed by atoms with Crippen LogP contribution < -0.4 is 4.74 Å². The van der Waals surface area contributed by atoms with Gasteiger partial charge in [0, 0.05) is 16.7 Å². The second-order valence-corrected chi connectivity index (χ2v) is 11.1. The van der Waals surface area contributed by atoms with Crippen molar-refractivity contribution in [2.75, 3.05) is 7.11 Å². The zero-order valence-corrected chi connectivity index (χ0v) is 24.7. The van der Waals surface area contributed by atoms with Gasteiger partial charge >= 0.3 is 5.97 Å². The zero-order valence-electron chi connectivity index (χ0n) is 24.7. The molecule has 5 aliphatic heterocycles. The highest BCUT2D eigenvalue weighted by atomic mass is 16.5. The summed E-state index contributed by atoms with van der Waals surface area (Å²) in [5, 5.41) is 10.1. The molecule has 7 nitrogen and oxygen atoms in total. The minimum atomic E-state index is -1.07. The number of hydrogen-bond acceptors (Lipinski definition) is 6. The largest absolute Gasteiger partial charge is 0.497 e. The monoisotopic (exact) mass is 576 g/mol. The maximum Gasteiger partial charge on any atom is 0.336 e. The van der Waals surface area contributed by atoms with Gasteiger partial charge in [0.25, 0.3) is 0 Å². The quantitative estimate of drug-likeness (QED) is 0.415. The van der Waals surface area contributed by atoms with Crippen molar-refractivity contribution in [2.24, 2.45) is 20.0 Å². The zero-order chi connectivity index (χ0) is 30.5. The maximum atomic E-state index is 12.4. The minimum Gasteiger partial charge on any atom is -0.497 e. The molecule has 0 atom stereocenters. The number of rotatable bonds is 4. The lowest BCUT2D eigenvalue weighted by molar-refractivity contribution is 0.0696. The van der Waals surface area contributed by atoms with Gasteiger partial charge in [-0.2, -0.15) is 0 Å². The molecule has 8 bridgehead atoms. The Morgan fingerprint density at radius 3 is 1.82 bits per heavy atom. The number of carboxylic acid groups (broad SMARTS) is 1. The van der Waals surface area contributed by atoms with Crippen molar-refractivity contribution in [1.82, 2.24) is 0 Å². The van der Waals surface area contributed by atoms with Crippen molar-refractivity contribution in [1.29, 1.82) is 0 Å². The first kappa shape index (κ1) is 27.2. The van der Waals surface area contributed by atoms with Gasteiger partial charge < -0.3 is 9.84 Å². The van der Waals surface area contributed by atoms with Crippen molar-refractivity contribution in [3.8, 4) is 5.75 Å². The highest BCUT2D eigenvalue weighted by Crippen LogP contribution is 2.36. The Hall–Kier alpha value is -5.69. The predicted molar refractivity (Wildman–Crippen MR) is 177 cm³/mol. The van der Waals surface area contributed by atoms with Crippen LogP contribution in [0.1, 0.15) is 38.2 Å². The van der Waals surface area contributed by atoms with Gasteiger partial charge in [-0.1, -0.05) is 17.7 Å². The lowest BCUT2D eigenvalue weighted by Crippen LogP contribution is -2.08. The fraction of sp³-hybridized carbons (Fsp3) is 0.108. The van der Waals surface area contributed by atoms with Gasteiger partial charge in [-0.25, -0.2) is 24.8 Å². The molecule has 44 heavy (non-hydrogen) atoms. The molecule has 2 aromatic rings. The van der Waals surface area contributed by atoms with Crippen molar-refractivity contribution in [3.05, 3.63) is 147 Å². The van der Waals surface area contributed by atoms with Crippen LogP contribution in [0.3, 0.4) is 0 Å². The molecule has 5 heterocycles. The van der Waals surface area contributed by atoms with Crippen LogP contribution in [0.5, 0.6) is 5.75 Å². The molecule has 0 amide bonds. The van der Waals surface area contributed by atoms with E-state index < -0.39 is 5.97 Å². The second kappa shape index (κ2) is 10.5. The van der Waals surface area contributed by atoms with Crippen LogP contribution in [0, 0.1) is 20.8 Å². The molecule has 214 valence electrons. The van der Waals surface area contributed by atoms with Gasteiger partial charge in [0.1, 0.15) is 5.75 Å². The van der Waals surface area contributed by atoms with Gasteiger partial charge in [-0.05, 0) is 116 Å². The molecule has 0 aromatic heterocycles. The van der Waals surface area contributed by atoms with Crippen LogP contribution in [0.15, 0.2) is 134 Å². The Balaban J connectivity index is 1.45. The average Bonchev–Trinajstić information content (AvgIpc) is 3.81. The van der Waals surface area contributed by atoms with Crippen molar-refractivity contribution >= 4 is 40.0 Å². The number of allylic oxidation sites excluding steroid dienone is 12. The molecule has 2 aromatic carbocycles. The van der Waals surface area contributed by atoms with E-state index in [1.54, 1.807) is 12.1 Å². The normalized spacial score (nSPS) is 18.0. The topological polar surface area (TPSA) is 96.0 Å². The smallest absolute Gasteiger partial charge is 0.336 e. The number of aryl methyl sites for hydroxylation is 3. The highest BCUT2D eigenvalue weighted by molar-refractivity contribution is 6.34. The Bertz CT molecular complexity index is 2060. The number of aliphatic imine (C=N–C) groups is 4. The summed E-state index contributed by atoms with van der Waals surface area (Å²) >= 11 is 0. The second-order valence-electron chi connectivity index (χ2n) is 11.1. The number of carbonyl (C=O) groups is 1. The summed E-state index contributed by atoms with van der Waals surface area (Å²) in [6, 6.07) is 9.40. The molecular formula is C37H28N4O3. The van der Waals surface area contributed by atoms with Gasteiger partial charge in [-0.3, -0.25) is 0 Å². The molecule has 1 N–H and O–H groups in total. The standard InChI is InChI=1S/C37H28N4O3/c1-20-15-21(2)34(22(3)16-20)36-32-13-7-25(40-32)17-23-5-11-30(38-23)35(28-10-9-27(44-4)19-29(28)37(42)43)31-12-6-24(39-31)18-26-8-14-33(36)41-26/h5-19H,1-4H3,(H,42,43). The Kier molecular flexibility index (Phi) is 6.51. The van der Waals surface area contributed by atoms with Crippen molar-refractivity contribution < 1.29 is 14.6 Å². The molecule has 7 rings (SSSR count). The average molecular weight is 577 g/mol. The first-order valence-corrected chi connectivity index (χ1v) is 14.3. The van der Waals surface area contributed by atoms with Crippen LogP contribution in [0.4, 0.5) is 0 Å². The lowest BCUT2D eigenvalue weighted by atomic mass is 9.90. The molecule has 5 aliphatic rings. The van der Waals surface area contributed by atoms with E-state index in [0.29, 0.717) is 39.7 Å². The summed E-state index contributed by atoms with van der Waals surface area (Å²) in [6.45, 7) is 6.37. The number of fused-ring (bicyclic) bond motifs is 4. The first-order chi connectivity index (χ1) is 21.3. The molecule has 0 aliphatic carbocycles. The third kappa shape index (κ3) is 4.78. The molecule has 0 spiro atoms. The third-order valence-electron chi connectivity index (χ3n) is 7.92. The molecular weight excluding hydrogens is 548 g/mol. The van der Waals surface area contributed by atoms with Crippen LogP contribution >= 0.6 is 0 Å². The molecule has 0 unspecified atom stereocenters. The summed E-state index contributed by atoms with van der Waals surface area (Å²) in [4.78, 5) is 32.2. The van der Waals surface area contributed by atoms with Crippen LogP contribution in [0.2, 0.25) is 0 Å². The number of nitrogens with zero attached hydrogens (tertiary/aromatic N) is 4. The molecule has 0 saturated heterocycles. The number of benzene rings is 2. The molecule has 0 radical (unpaired) electrons. The van der Waals surface area contributed by atoms with Gasteiger partial charge in [0.2, 0.25) is 0 Å². The van der Waals surface area contributed by atoms with Crippen LogP contribution in [0.25, 0.3) is 11.1 Å². The van der Waals surface area contributed by atoms with E-state index in [9.17, 15) is 9.90 Å². The van der Waals surface area contributed by atoms with E-state index in [4.69, 9.17) is 24.7 Å². The molecule has 7 heteroatoms. The molecule has 0 saturated carbocycles. The van der Waals surface area contributed by atoms with E-state index in [2.05, 4.69) is 32.9 Å². The van der Waals surface area contributed by atoms with E-state index in [1.165, 1.54) is 29.9 Å². The number of ether oxygens (including phenoxy) is 1.